The molecule has 0 amide bonds. The maximum atomic E-state index is 10.4. The number of hydrogen-bond acceptors (Lipinski definition) is 5. The number of aliphatic carboxylic acids is 1. The smallest absolute Gasteiger partial charge is 0.317 e. The summed E-state index contributed by atoms with van der Waals surface area (Å²) < 4.78 is 1.69. The van der Waals surface area contributed by atoms with Gasteiger partial charge in [-0.3, -0.25) is 9.69 Å². The lowest BCUT2D eigenvalue weighted by molar-refractivity contribution is -0.138. The molecule has 84 valence electrons. The number of likely N-dealkylation sites (N-methyl/N-ethyl adjacent to an activating group) is 1. The third-order valence-corrected chi connectivity index (χ3v) is 1.86. The average Bonchev–Trinajstić information content (AvgIpc) is 2.52. The molecule has 0 aliphatic rings. The molecule has 0 fully saturated rings. The number of carboxylic acids is 1. The molecule has 7 nitrogen and oxygen atoms in total. The number of tetrazole rings is 1. The highest BCUT2D eigenvalue weighted by Crippen LogP contribution is 1.98. The number of carboxylic acid groups (broad SMARTS) is 1. The van der Waals surface area contributed by atoms with E-state index in [4.69, 9.17) is 5.11 Å². The van der Waals surface area contributed by atoms with Crippen LogP contribution in [0.2, 0.25) is 0 Å². The summed E-state index contributed by atoms with van der Waals surface area (Å²) in [5, 5.41) is 19.8. The van der Waals surface area contributed by atoms with E-state index in [2.05, 4.69) is 15.5 Å². The van der Waals surface area contributed by atoms with Crippen molar-refractivity contribution in [3.63, 3.8) is 0 Å². The van der Waals surface area contributed by atoms with Gasteiger partial charge in [-0.25, -0.2) is 4.68 Å². The van der Waals surface area contributed by atoms with Gasteiger partial charge in [0.05, 0.1) is 13.1 Å². The van der Waals surface area contributed by atoms with Gasteiger partial charge >= 0.3 is 5.97 Å². The summed E-state index contributed by atoms with van der Waals surface area (Å²) in [6.45, 7) is 3.22. The summed E-state index contributed by atoms with van der Waals surface area (Å²) in [5.74, 6) is -0.160. The molecule has 0 saturated carbocycles. The fraction of sp³-hybridized carbons (Fsp3) is 0.750. The van der Waals surface area contributed by atoms with E-state index in [0.29, 0.717) is 12.4 Å². The molecule has 0 radical (unpaired) electrons. The van der Waals surface area contributed by atoms with Crippen molar-refractivity contribution in [3.8, 4) is 0 Å². The Morgan fingerprint density at radius 2 is 2.33 bits per heavy atom. The number of hydrogen-bond donors (Lipinski definition) is 1. The molecule has 0 spiro atoms. The molecule has 0 aromatic carbocycles. The zero-order chi connectivity index (χ0) is 11.3. The van der Waals surface area contributed by atoms with Gasteiger partial charge < -0.3 is 5.11 Å². The minimum Gasteiger partial charge on any atom is -0.480 e. The predicted molar refractivity (Wildman–Crippen MR) is 52.1 cm³/mol. The zero-order valence-electron chi connectivity index (χ0n) is 8.92. The third-order valence-electron chi connectivity index (χ3n) is 1.86. The predicted octanol–water partition coefficient (Wildman–Crippen LogP) is -0.400. The minimum absolute atomic E-state index is 0.0149. The first-order chi connectivity index (χ1) is 7.13. The molecule has 0 atom stereocenters. The van der Waals surface area contributed by atoms with Crippen molar-refractivity contribution >= 4 is 5.97 Å². The van der Waals surface area contributed by atoms with Crippen molar-refractivity contribution in [3.05, 3.63) is 5.82 Å². The Kier molecular flexibility index (Phi) is 4.17. The second kappa shape index (κ2) is 5.40. The van der Waals surface area contributed by atoms with E-state index in [0.717, 1.165) is 13.0 Å². The fourth-order valence-corrected chi connectivity index (χ4v) is 1.25. The molecule has 0 bridgehead atoms. The first kappa shape index (κ1) is 11.6. The highest BCUT2D eigenvalue weighted by atomic mass is 16.4. The van der Waals surface area contributed by atoms with E-state index in [1.807, 2.05) is 6.92 Å². The Bertz CT molecular complexity index is 325. The molecule has 0 aliphatic carbocycles. The summed E-state index contributed by atoms with van der Waals surface area (Å²) in [4.78, 5) is 12.1. The lowest BCUT2D eigenvalue weighted by Crippen LogP contribution is -2.26. The Labute approximate surface area is 87.7 Å². The highest BCUT2D eigenvalue weighted by molar-refractivity contribution is 5.68. The number of rotatable bonds is 6. The topological polar surface area (TPSA) is 84.1 Å². The summed E-state index contributed by atoms with van der Waals surface area (Å²) in [5.41, 5.74) is 0. The second-order valence-corrected chi connectivity index (χ2v) is 3.38. The van der Waals surface area contributed by atoms with Crippen LogP contribution in [0.5, 0.6) is 0 Å². The minimum atomic E-state index is -0.855. The summed E-state index contributed by atoms with van der Waals surface area (Å²) in [6, 6.07) is 0. The Morgan fingerprint density at radius 3 is 2.93 bits per heavy atom. The van der Waals surface area contributed by atoms with E-state index >= 15 is 0 Å². The van der Waals surface area contributed by atoms with Crippen molar-refractivity contribution in [2.24, 2.45) is 0 Å². The van der Waals surface area contributed by atoms with Crippen LogP contribution in [0.25, 0.3) is 0 Å². The van der Waals surface area contributed by atoms with Gasteiger partial charge in [-0.2, -0.15) is 0 Å². The fourth-order valence-electron chi connectivity index (χ4n) is 1.25. The van der Waals surface area contributed by atoms with Gasteiger partial charge in [0.25, 0.3) is 0 Å². The molecule has 0 aliphatic heterocycles. The molecule has 1 heterocycles. The largest absolute Gasteiger partial charge is 0.480 e. The zero-order valence-corrected chi connectivity index (χ0v) is 8.92. The third kappa shape index (κ3) is 3.62. The monoisotopic (exact) mass is 213 g/mol. The van der Waals surface area contributed by atoms with Crippen LogP contribution < -0.4 is 0 Å². The maximum absolute atomic E-state index is 10.4. The van der Waals surface area contributed by atoms with Crippen molar-refractivity contribution in [2.75, 3.05) is 13.6 Å². The molecule has 1 N–H and O–H groups in total. The van der Waals surface area contributed by atoms with Gasteiger partial charge in [-0.1, -0.05) is 6.92 Å². The quantitative estimate of drug-likeness (QED) is 0.692. The van der Waals surface area contributed by atoms with Gasteiger partial charge in [0.15, 0.2) is 5.82 Å². The molecule has 1 rings (SSSR count). The van der Waals surface area contributed by atoms with Gasteiger partial charge in [0.2, 0.25) is 0 Å². The Morgan fingerprint density at radius 1 is 1.60 bits per heavy atom. The maximum Gasteiger partial charge on any atom is 0.317 e. The Hall–Kier alpha value is -1.50. The van der Waals surface area contributed by atoms with Crippen LogP contribution in [-0.2, 0) is 17.9 Å². The van der Waals surface area contributed by atoms with Crippen molar-refractivity contribution in [2.45, 2.75) is 26.4 Å². The van der Waals surface area contributed by atoms with Crippen LogP contribution in [0.4, 0.5) is 0 Å². The van der Waals surface area contributed by atoms with Gasteiger partial charge in [-0.05, 0) is 23.9 Å². The van der Waals surface area contributed by atoms with E-state index in [1.54, 1.807) is 16.6 Å². The molecule has 15 heavy (non-hydrogen) atoms. The molecule has 1 aromatic rings. The average molecular weight is 213 g/mol. The SMILES string of the molecule is CCCn1nnnc1CN(C)CC(=O)O. The molecule has 0 saturated heterocycles. The van der Waals surface area contributed by atoms with Crippen molar-refractivity contribution in [1.29, 1.82) is 0 Å². The lowest BCUT2D eigenvalue weighted by Gasteiger charge is -2.12. The summed E-state index contributed by atoms with van der Waals surface area (Å²) in [7, 11) is 1.72. The number of aromatic nitrogens is 4. The van der Waals surface area contributed by atoms with E-state index in [9.17, 15) is 4.79 Å². The summed E-state index contributed by atoms with van der Waals surface area (Å²) >= 11 is 0. The van der Waals surface area contributed by atoms with Crippen LogP contribution in [0.3, 0.4) is 0 Å². The van der Waals surface area contributed by atoms with E-state index < -0.39 is 5.97 Å². The van der Waals surface area contributed by atoms with Gasteiger partial charge in [-0.15, -0.1) is 5.10 Å². The van der Waals surface area contributed by atoms with Crippen LogP contribution in [0, 0.1) is 0 Å². The molecular weight excluding hydrogens is 198 g/mol. The standard InChI is InChI=1S/C8H15N5O2/c1-3-4-13-7(9-10-11-13)5-12(2)6-8(14)15/h3-6H2,1-2H3,(H,14,15). The molecular formula is C8H15N5O2. The number of aryl methyl sites for hydroxylation is 1. The number of nitrogens with zero attached hydrogens (tertiary/aromatic N) is 5. The van der Waals surface area contributed by atoms with Gasteiger partial charge in [0, 0.05) is 6.54 Å². The number of carbonyl (C=O) groups is 1. The summed E-state index contributed by atoms with van der Waals surface area (Å²) in [6.07, 6.45) is 0.945. The van der Waals surface area contributed by atoms with Crippen LogP contribution in [0.1, 0.15) is 19.2 Å². The first-order valence-corrected chi connectivity index (χ1v) is 4.79. The highest BCUT2D eigenvalue weighted by Gasteiger charge is 2.10. The van der Waals surface area contributed by atoms with Crippen molar-refractivity contribution in [1.82, 2.24) is 25.1 Å². The lowest BCUT2D eigenvalue weighted by atomic mass is 10.4. The Balaban J connectivity index is 2.55. The van der Waals surface area contributed by atoms with E-state index in [1.165, 1.54) is 0 Å². The normalized spacial score (nSPS) is 10.9. The molecule has 0 unspecified atom stereocenters. The second-order valence-electron chi connectivity index (χ2n) is 3.38. The van der Waals surface area contributed by atoms with Crippen molar-refractivity contribution < 1.29 is 9.90 Å². The molecule has 7 heteroatoms. The van der Waals surface area contributed by atoms with Crippen LogP contribution in [-0.4, -0.2) is 49.8 Å². The molecule has 1 aromatic heterocycles. The van der Waals surface area contributed by atoms with Crippen LogP contribution in [0.15, 0.2) is 0 Å². The van der Waals surface area contributed by atoms with Gasteiger partial charge in [0.1, 0.15) is 0 Å². The van der Waals surface area contributed by atoms with E-state index in [-0.39, 0.29) is 6.54 Å². The van der Waals surface area contributed by atoms with Crippen LogP contribution >= 0.6 is 0 Å². The first-order valence-electron chi connectivity index (χ1n) is 4.79.